The van der Waals surface area contributed by atoms with Gasteiger partial charge in [0.05, 0.1) is 13.7 Å². The summed E-state index contributed by atoms with van der Waals surface area (Å²) in [7, 11) is 3.13. The number of nitrogens with zero attached hydrogens (tertiary/aromatic N) is 1. The molecule has 0 aromatic rings. The lowest BCUT2D eigenvalue weighted by Gasteiger charge is -2.21. The molecule has 2 atom stereocenters. The summed E-state index contributed by atoms with van der Waals surface area (Å²) >= 11 is 0. The van der Waals surface area contributed by atoms with Gasteiger partial charge in [-0.1, -0.05) is 6.92 Å². The topological polar surface area (TPSA) is 50.8 Å². The molecular formula is C11H22N2O3. The van der Waals surface area contributed by atoms with Gasteiger partial charge < -0.3 is 19.7 Å². The van der Waals surface area contributed by atoms with E-state index in [4.69, 9.17) is 9.47 Å². The van der Waals surface area contributed by atoms with E-state index in [2.05, 4.69) is 12.2 Å². The van der Waals surface area contributed by atoms with Gasteiger partial charge in [-0.25, -0.2) is 4.79 Å². The summed E-state index contributed by atoms with van der Waals surface area (Å²) in [5.41, 5.74) is 0. The highest BCUT2D eigenvalue weighted by molar-refractivity contribution is 5.67. The van der Waals surface area contributed by atoms with Crippen LogP contribution in [-0.4, -0.2) is 57.0 Å². The normalized spacial score (nSPS) is 22.2. The van der Waals surface area contributed by atoms with E-state index < -0.39 is 0 Å². The lowest BCUT2D eigenvalue weighted by atomic mass is 10.2. The van der Waals surface area contributed by atoms with E-state index in [9.17, 15) is 4.79 Å². The lowest BCUT2D eigenvalue weighted by molar-refractivity contribution is 0.130. The summed E-state index contributed by atoms with van der Waals surface area (Å²) in [6.07, 6.45) is 1.78. The molecular weight excluding hydrogens is 208 g/mol. The maximum Gasteiger partial charge on any atom is 0.409 e. The summed E-state index contributed by atoms with van der Waals surface area (Å²) in [5, 5.41) is 3.50. The predicted molar refractivity (Wildman–Crippen MR) is 61.5 cm³/mol. The van der Waals surface area contributed by atoms with Crippen LogP contribution in [0.25, 0.3) is 0 Å². The van der Waals surface area contributed by atoms with E-state index in [1.165, 1.54) is 7.11 Å². The van der Waals surface area contributed by atoms with Gasteiger partial charge in [-0.2, -0.15) is 0 Å². The standard InChI is InChI=1S/C11H22N2O3/c1-4-9(8-15-2)12-10-5-6-13(7-10)11(14)16-3/h9-10,12H,4-8H2,1-3H3. The molecule has 1 saturated heterocycles. The van der Waals surface area contributed by atoms with Crippen LogP contribution in [0.4, 0.5) is 4.79 Å². The quantitative estimate of drug-likeness (QED) is 0.760. The first-order valence-electron chi connectivity index (χ1n) is 5.79. The van der Waals surface area contributed by atoms with Crippen molar-refractivity contribution in [2.75, 3.05) is 33.9 Å². The molecule has 0 saturated carbocycles. The Balaban J connectivity index is 2.32. The number of rotatable bonds is 5. The maximum absolute atomic E-state index is 11.3. The number of hydrogen-bond acceptors (Lipinski definition) is 4. The molecule has 0 aliphatic carbocycles. The molecule has 0 bridgehead atoms. The molecule has 94 valence electrons. The molecule has 0 radical (unpaired) electrons. The smallest absolute Gasteiger partial charge is 0.409 e. The largest absolute Gasteiger partial charge is 0.453 e. The number of methoxy groups -OCH3 is 2. The Morgan fingerprint density at radius 2 is 2.31 bits per heavy atom. The Hall–Kier alpha value is -0.810. The van der Waals surface area contributed by atoms with Gasteiger partial charge in [0.2, 0.25) is 0 Å². The third-order valence-corrected chi connectivity index (χ3v) is 2.95. The summed E-state index contributed by atoms with van der Waals surface area (Å²) in [5.74, 6) is 0. The van der Waals surface area contributed by atoms with Crippen molar-refractivity contribution < 1.29 is 14.3 Å². The van der Waals surface area contributed by atoms with Crippen molar-refractivity contribution in [3.8, 4) is 0 Å². The van der Waals surface area contributed by atoms with Gasteiger partial charge in [0.15, 0.2) is 0 Å². The zero-order valence-electron chi connectivity index (χ0n) is 10.4. The van der Waals surface area contributed by atoms with E-state index >= 15 is 0 Å². The van der Waals surface area contributed by atoms with Gasteiger partial charge >= 0.3 is 6.09 Å². The first kappa shape index (κ1) is 13.3. The Bertz CT molecular complexity index is 223. The number of nitrogens with one attached hydrogen (secondary N) is 1. The van der Waals surface area contributed by atoms with Crippen molar-refractivity contribution in [1.29, 1.82) is 0 Å². The monoisotopic (exact) mass is 230 g/mol. The number of carbonyl (C=O) groups excluding carboxylic acids is 1. The van der Waals surface area contributed by atoms with Gasteiger partial charge in [0.25, 0.3) is 0 Å². The number of ether oxygens (including phenoxy) is 2. The molecule has 0 aromatic heterocycles. The molecule has 0 aromatic carbocycles. The molecule has 1 fully saturated rings. The molecule has 0 spiro atoms. The molecule has 1 amide bonds. The number of carbonyl (C=O) groups is 1. The summed E-state index contributed by atoms with van der Waals surface area (Å²) in [4.78, 5) is 13.0. The SMILES string of the molecule is CCC(COC)NC1CCN(C(=O)OC)C1. The number of likely N-dealkylation sites (tertiary alicyclic amines) is 1. The van der Waals surface area contributed by atoms with Crippen molar-refractivity contribution in [2.45, 2.75) is 31.8 Å². The third kappa shape index (κ3) is 3.64. The van der Waals surface area contributed by atoms with Crippen LogP contribution < -0.4 is 5.32 Å². The molecule has 1 heterocycles. The highest BCUT2D eigenvalue weighted by atomic mass is 16.5. The third-order valence-electron chi connectivity index (χ3n) is 2.95. The van der Waals surface area contributed by atoms with E-state index in [0.29, 0.717) is 18.7 Å². The summed E-state index contributed by atoms with van der Waals surface area (Å²) in [6.45, 7) is 4.34. The van der Waals surface area contributed by atoms with E-state index in [-0.39, 0.29) is 6.09 Å². The van der Waals surface area contributed by atoms with Gasteiger partial charge in [0, 0.05) is 32.3 Å². The minimum atomic E-state index is -0.232. The fraction of sp³-hybridized carbons (Fsp3) is 0.909. The van der Waals surface area contributed by atoms with Gasteiger partial charge in [-0.15, -0.1) is 0 Å². The highest BCUT2D eigenvalue weighted by Crippen LogP contribution is 2.11. The van der Waals surface area contributed by atoms with Crippen molar-refractivity contribution in [3.05, 3.63) is 0 Å². The number of hydrogen-bond donors (Lipinski definition) is 1. The molecule has 5 nitrogen and oxygen atoms in total. The zero-order chi connectivity index (χ0) is 12.0. The number of amides is 1. The van der Waals surface area contributed by atoms with Crippen molar-refractivity contribution >= 4 is 6.09 Å². The average molecular weight is 230 g/mol. The molecule has 2 unspecified atom stereocenters. The fourth-order valence-electron chi connectivity index (χ4n) is 2.01. The second kappa shape index (κ2) is 6.70. The van der Waals surface area contributed by atoms with E-state index in [1.54, 1.807) is 12.0 Å². The van der Waals surface area contributed by atoms with Crippen LogP contribution in [0.2, 0.25) is 0 Å². The summed E-state index contributed by atoms with van der Waals surface area (Å²) < 4.78 is 9.83. The Morgan fingerprint density at radius 1 is 1.56 bits per heavy atom. The van der Waals surface area contributed by atoms with Crippen LogP contribution in [0.15, 0.2) is 0 Å². The van der Waals surface area contributed by atoms with Gasteiger partial charge in [-0.3, -0.25) is 0 Å². The molecule has 1 aliphatic heterocycles. The van der Waals surface area contributed by atoms with Gasteiger partial charge in [-0.05, 0) is 12.8 Å². The van der Waals surface area contributed by atoms with Crippen molar-refractivity contribution in [1.82, 2.24) is 10.2 Å². The Kier molecular flexibility index (Phi) is 5.55. The first-order chi connectivity index (χ1) is 7.71. The maximum atomic E-state index is 11.3. The Morgan fingerprint density at radius 3 is 2.88 bits per heavy atom. The lowest BCUT2D eigenvalue weighted by Crippen LogP contribution is -2.42. The first-order valence-corrected chi connectivity index (χ1v) is 5.79. The minimum absolute atomic E-state index is 0.232. The van der Waals surface area contributed by atoms with Crippen LogP contribution in [0.5, 0.6) is 0 Å². The average Bonchev–Trinajstić information content (AvgIpc) is 2.76. The molecule has 1 aliphatic rings. The molecule has 16 heavy (non-hydrogen) atoms. The molecule has 5 heteroatoms. The minimum Gasteiger partial charge on any atom is -0.453 e. The van der Waals surface area contributed by atoms with Gasteiger partial charge in [0.1, 0.15) is 0 Å². The van der Waals surface area contributed by atoms with Crippen LogP contribution in [0.1, 0.15) is 19.8 Å². The highest BCUT2D eigenvalue weighted by Gasteiger charge is 2.27. The second-order valence-corrected chi connectivity index (χ2v) is 4.13. The molecule has 1 N–H and O–H groups in total. The second-order valence-electron chi connectivity index (χ2n) is 4.13. The van der Waals surface area contributed by atoms with Crippen LogP contribution in [0, 0.1) is 0 Å². The van der Waals surface area contributed by atoms with Crippen molar-refractivity contribution in [2.24, 2.45) is 0 Å². The summed E-state index contributed by atoms with van der Waals surface area (Å²) in [6, 6.07) is 0.729. The van der Waals surface area contributed by atoms with Crippen LogP contribution in [-0.2, 0) is 9.47 Å². The Labute approximate surface area is 97.1 Å². The van der Waals surface area contributed by atoms with Crippen LogP contribution >= 0.6 is 0 Å². The van der Waals surface area contributed by atoms with E-state index in [1.807, 2.05) is 0 Å². The van der Waals surface area contributed by atoms with Crippen molar-refractivity contribution in [3.63, 3.8) is 0 Å². The molecule has 1 rings (SSSR count). The predicted octanol–water partition coefficient (Wildman–Crippen LogP) is 0.842. The fourth-order valence-corrected chi connectivity index (χ4v) is 2.01. The van der Waals surface area contributed by atoms with Crippen LogP contribution in [0.3, 0.4) is 0 Å². The zero-order valence-corrected chi connectivity index (χ0v) is 10.4. The van der Waals surface area contributed by atoms with E-state index in [0.717, 1.165) is 25.9 Å².